The van der Waals surface area contributed by atoms with Crippen LogP contribution in [0.5, 0.6) is 0 Å². The van der Waals surface area contributed by atoms with Crippen molar-refractivity contribution in [1.29, 1.82) is 0 Å². The first-order chi connectivity index (χ1) is 10.9. The molecule has 0 radical (unpaired) electrons. The Kier molecular flexibility index (Phi) is 4.50. The van der Waals surface area contributed by atoms with Crippen molar-refractivity contribution < 1.29 is 13.8 Å². The van der Waals surface area contributed by atoms with E-state index in [0.717, 1.165) is 0 Å². The van der Waals surface area contributed by atoms with Crippen LogP contribution in [0.4, 0.5) is 5.95 Å². The number of anilines is 1. The van der Waals surface area contributed by atoms with Gasteiger partial charge in [-0.25, -0.2) is 4.98 Å². The molecular formula is C12H18N5O4PS. The second kappa shape index (κ2) is 6.27. The molecule has 3 heterocycles. The molecule has 2 aromatic heterocycles. The van der Waals surface area contributed by atoms with Crippen molar-refractivity contribution in [3.8, 4) is 0 Å². The molecule has 3 rings (SSSR count). The Hall–Kier alpha value is -1.35. The molecule has 0 aromatic carbocycles. The van der Waals surface area contributed by atoms with Crippen molar-refractivity contribution in [2.24, 2.45) is 11.8 Å². The first-order valence-corrected chi connectivity index (χ1v) is 9.72. The minimum atomic E-state index is -2.31. The number of aromatic nitrogens is 4. The van der Waals surface area contributed by atoms with Crippen molar-refractivity contribution in [3.05, 3.63) is 16.7 Å². The molecule has 1 fully saturated rings. The molecule has 1 saturated heterocycles. The zero-order chi connectivity index (χ0) is 16.7. The third-order valence-corrected chi connectivity index (χ3v) is 5.08. The van der Waals surface area contributed by atoms with Gasteiger partial charge in [0, 0.05) is 5.92 Å². The number of nitrogens with two attached hydrogens (primary N) is 1. The van der Waals surface area contributed by atoms with Gasteiger partial charge in [-0.3, -0.25) is 18.9 Å². The van der Waals surface area contributed by atoms with Gasteiger partial charge in [-0.05, 0) is 5.92 Å². The molecule has 0 saturated carbocycles. The lowest BCUT2D eigenvalue weighted by Crippen LogP contribution is -2.20. The van der Waals surface area contributed by atoms with E-state index in [2.05, 4.69) is 27.2 Å². The van der Waals surface area contributed by atoms with Crippen LogP contribution in [0.2, 0.25) is 0 Å². The number of thiol groups is 1. The SMILES string of the molecule is C[C@@H]1[C@H](C)[C@@H](CO[PH](=O)S)O[C@H]1n1cnc2c(=O)[nH]c(N)nc21. The molecule has 11 heteroatoms. The molecule has 126 valence electrons. The molecule has 3 N–H and O–H groups in total. The predicted octanol–water partition coefficient (Wildman–Crippen LogP) is 1.21. The van der Waals surface area contributed by atoms with Crippen LogP contribution in [-0.4, -0.2) is 32.2 Å². The number of hydrogen-bond acceptors (Lipinski definition) is 7. The minimum absolute atomic E-state index is 0.0245. The number of fused-ring (bicyclic) bond motifs is 1. The van der Waals surface area contributed by atoms with Gasteiger partial charge in [0.25, 0.3) is 5.56 Å². The van der Waals surface area contributed by atoms with E-state index in [-0.39, 0.29) is 42.2 Å². The molecule has 1 aliphatic heterocycles. The Labute approximate surface area is 137 Å². The third-order valence-electron chi connectivity index (χ3n) is 4.28. The van der Waals surface area contributed by atoms with Crippen LogP contribution in [0.15, 0.2) is 11.1 Å². The maximum atomic E-state index is 11.9. The predicted molar refractivity (Wildman–Crippen MR) is 88.7 cm³/mol. The van der Waals surface area contributed by atoms with Crippen molar-refractivity contribution in [2.75, 3.05) is 12.3 Å². The lowest BCUT2D eigenvalue weighted by atomic mass is 9.93. The lowest BCUT2D eigenvalue weighted by molar-refractivity contribution is -0.0276. The van der Waals surface area contributed by atoms with Gasteiger partial charge in [0.15, 0.2) is 11.2 Å². The maximum absolute atomic E-state index is 11.9. The molecule has 1 unspecified atom stereocenters. The fraction of sp³-hybridized carbons (Fsp3) is 0.583. The molecule has 0 amide bonds. The number of aromatic amines is 1. The van der Waals surface area contributed by atoms with Gasteiger partial charge in [0.05, 0.1) is 19.0 Å². The number of hydrogen-bond donors (Lipinski definition) is 3. The first kappa shape index (κ1) is 16.5. The summed E-state index contributed by atoms with van der Waals surface area (Å²) in [6.07, 6.45) is 0.928. The average Bonchev–Trinajstić information content (AvgIpc) is 3.00. The van der Waals surface area contributed by atoms with E-state index in [0.29, 0.717) is 5.65 Å². The van der Waals surface area contributed by atoms with Crippen LogP contribution in [0.1, 0.15) is 20.1 Å². The number of ether oxygens (including phenoxy) is 1. The van der Waals surface area contributed by atoms with E-state index >= 15 is 0 Å². The summed E-state index contributed by atoms with van der Waals surface area (Å²) in [5, 5.41) is 0. The topological polar surface area (TPSA) is 125 Å². The molecule has 2 aromatic rings. The Morgan fingerprint density at radius 1 is 1.52 bits per heavy atom. The van der Waals surface area contributed by atoms with E-state index < -0.39 is 12.8 Å². The van der Waals surface area contributed by atoms with Crippen LogP contribution in [-0.2, 0) is 13.8 Å². The molecular weight excluding hydrogens is 341 g/mol. The van der Waals surface area contributed by atoms with Crippen LogP contribution < -0.4 is 11.3 Å². The monoisotopic (exact) mass is 359 g/mol. The Balaban J connectivity index is 1.93. The van der Waals surface area contributed by atoms with Crippen LogP contribution in [0.3, 0.4) is 0 Å². The number of nitrogens with zero attached hydrogens (tertiary/aromatic N) is 3. The van der Waals surface area contributed by atoms with Gasteiger partial charge in [-0.2, -0.15) is 4.98 Å². The van der Waals surface area contributed by atoms with Crippen LogP contribution in [0, 0.1) is 11.8 Å². The fourth-order valence-corrected chi connectivity index (χ4v) is 3.35. The van der Waals surface area contributed by atoms with Gasteiger partial charge in [0.2, 0.25) is 13.2 Å². The molecule has 0 aliphatic carbocycles. The maximum Gasteiger partial charge on any atom is 0.280 e. The van der Waals surface area contributed by atoms with E-state index in [1.807, 2.05) is 13.8 Å². The number of H-pyrrole nitrogens is 1. The summed E-state index contributed by atoms with van der Waals surface area (Å²) in [4.78, 5) is 22.5. The number of rotatable bonds is 4. The van der Waals surface area contributed by atoms with E-state index in [9.17, 15) is 9.36 Å². The molecule has 9 nitrogen and oxygen atoms in total. The zero-order valence-corrected chi connectivity index (χ0v) is 14.5. The van der Waals surface area contributed by atoms with E-state index in [1.54, 1.807) is 4.57 Å². The molecule has 0 spiro atoms. The van der Waals surface area contributed by atoms with Crippen molar-refractivity contribution >= 4 is 36.6 Å². The minimum Gasteiger partial charge on any atom is -0.369 e. The quantitative estimate of drug-likeness (QED) is 0.553. The molecule has 5 atom stereocenters. The molecule has 23 heavy (non-hydrogen) atoms. The highest BCUT2D eigenvalue weighted by Gasteiger charge is 2.41. The summed E-state index contributed by atoms with van der Waals surface area (Å²) in [5.41, 5.74) is 5.81. The summed E-state index contributed by atoms with van der Waals surface area (Å²) < 4.78 is 23.9. The summed E-state index contributed by atoms with van der Waals surface area (Å²) in [6, 6.07) is 0. The standard InChI is InChI=1S/C12H18N5O4PS/c1-5-6(2)11(21-7(5)3-20-22(19)23)17-4-14-8-9(17)15-12(13)16-10(8)18/h4-7,11,22H,3H2,1-2H3,(H,19,23)(H3,13,15,16,18)/t5-,6+,7+,11+/m0/s1. The zero-order valence-electron chi connectivity index (χ0n) is 12.6. The lowest BCUT2D eigenvalue weighted by Gasteiger charge is -2.17. The molecule has 0 bridgehead atoms. The highest BCUT2D eigenvalue weighted by Crippen LogP contribution is 2.41. The van der Waals surface area contributed by atoms with Crippen molar-refractivity contribution in [2.45, 2.75) is 26.2 Å². The van der Waals surface area contributed by atoms with Gasteiger partial charge >= 0.3 is 0 Å². The number of imidazole rings is 1. The van der Waals surface area contributed by atoms with Crippen LogP contribution >= 0.6 is 19.5 Å². The number of nitrogen functional groups attached to an aromatic ring is 1. The van der Waals surface area contributed by atoms with Gasteiger partial charge in [0.1, 0.15) is 6.23 Å². The highest BCUT2D eigenvalue weighted by atomic mass is 32.7. The van der Waals surface area contributed by atoms with Gasteiger partial charge < -0.3 is 15.0 Å². The van der Waals surface area contributed by atoms with E-state index in [4.69, 9.17) is 15.0 Å². The second-order valence-corrected chi connectivity index (χ2v) is 7.55. The van der Waals surface area contributed by atoms with Crippen molar-refractivity contribution in [3.63, 3.8) is 0 Å². The first-order valence-electron chi connectivity index (χ1n) is 7.12. The summed E-state index contributed by atoms with van der Waals surface area (Å²) in [6.45, 7) is 4.26. The highest BCUT2D eigenvalue weighted by molar-refractivity contribution is 8.39. The third kappa shape index (κ3) is 3.03. The summed E-state index contributed by atoms with van der Waals surface area (Å²) in [7, 11) is -2.31. The van der Waals surface area contributed by atoms with Crippen molar-refractivity contribution in [1.82, 2.24) is 19.5 Å². The Morgan fingerprint density at radius 2 is 2.26 bits per heavy atom. The summed E-state index contributed by atoms with van der Waals surface area (Å²) in [5.74, 6) is 0.300. The normalized spacial score (nSPS) is 29.2. The number of nitrogens with one attached hydrogen (secondary N) is 1. The second-order valence-electron chi connectivity index (χ2n) is 5.64. The van der Waals surface area contributed by atoms with Gasteiger partial charge in [-0.15, -0.1) is 0 Å². The Bertz CT molecular complexity index is 808. The Morgan fingerprint density at radius 3 is 2.96 bits per heavy atom. The summed E-state index contributed by atoms with van der Waals surface area (Å²) >= 11 is 3.77. The van der Waals surface area contributed by atoms with Gasteiger partial charge in [-0.1, -0.05) is 26.1 Å². The molecule has 1 aliphatic rings. The van der Waals surface area contributed by atoms with E-state index in [1.165, 1.54) is 6.33 Å². The largest absolute Gasteiger partial charge is 0.369 e. The fourth-order valence-electron chi connectivity index (χ4n) is 2.82. The van der Waals surface area contributed by atoms with Crippen LogP contribution in [0.25, 0.3) is 11.2 Å². The average molecular weight is 359 g/mol. The smallest absolute Gasteiger partial charge is 0.280 e.